The van der Waals surface area contributed by atoms with Gasteiger partial charge in [0, 0.05) is 0 Å². The second kappa shape index (κ2) is 6.54. The standard InChI is InChI=1S/C20H22O3S/c1-14(2)19-10-15(3)8-9-20(19)24(21,22)23-13-16-11-17-6-4-5-7-18(17)12-16/h4-10,16H,1,11-13H2,2-3H3. The molecular weight excluding hydrogens is 320 g/mol. The van der Waals surface area contributed by atoms with E-state index in [4.69, 9.17) is 4.18 Å². The second-order valence-corrected chi connectivity index (χ2v) is 8.15. The van der Waals surface area contributed by atoms with E-state index in [1.165, 1.54) is 11.1 Å². The highest BCUT2D eigenvalue weighted by atomic mass is 32.2. The number of allylic oxidation sites excluding steroid dienone is 1. The lowest BCUT2D eigenvalue weighted by Crippen LogP contribution is -2.16. The van der Waals surface area contributed by atoms with Crippen LogP contribution in [0.2, 0.25) is 0 Å². The summed E-state index contributed by atoms with van der Waals surface area (Å²) in [7, 11) is -3.79. The predicted octanol–water partition coefficient (Wildman–Crippen LogP) is 4.15. The Morgan fingerprint density at radius 1 is 1.17 bits per heavy atom. The third kappa shape index (κ3) is 3.45. The molecule has 0 saturated heterocycles. The minimum absolute atomic E-state index is 0.205. The maximum absolute atomic E-state index is 12.6. The van der Waals surface area contributed by atoms with Gasteiger partial charge in [0.1, 0.15) is 4.90 Å². The number of benzene rings is 2. The molecule has 3 nitrogen and oxygen atoms in total. The fourth-order valence-electron chi connectivity index (χ4n) is 3.21. The van der Waals surface area contributed by atoms with E-state index in [0.29, 0.717) is 11.1 Å². The summed E-state index contributed by atoms with van der Waals surface area (Å²) in [5.74, 6) is 0.205. The lowest BCUT2D eigenvalue weighted by atomic mass is 10.1. The Labute approximate surface area is 144 Å². The molecule has 0 atom stereocenters. The lowest BCUT2D eigenvalue weighted by Gasteiger charge is -2.14. The summed E-state index contributed by atoms with van der Waals surface area (Å²) in [5.41, 5.74) is 4.93. The van der Waals surface area contributed by atoms with E-state index in [0.717, 1.165) is 18.4 Å². The number of fused-ring (bicyclic) bond motifs is 1. The summed E-state index contributed by atoms with van der Waals surface area (Å²) < 4.78 is 30.7. The Bertz CT molecular complexity index is 857. The molecule has 3 rings (SSSR count). The van der Waals surface area contributed by atoms with Crippen LogP contribution in [0.4, 0.5) is 0 Å². The van der Waals surface area contributed by atoms with Crippen LogP contribution in [0, 0.1) is 12.8 Å². The summed E-state index contributed by atoms with van der Waals surface area (Å²) in [6, 6.07) is 13.5. The third-order valence-electron chi connectivity index (χ3n) is 4.46. The van der Waals surface area contributed by atoms with Gasteiger partial charge in [0.2, 0.25) is 0 Å². The Morgan fingerprint density at radius 2 is 1.79 bits per heavy atom. The smallest absolute Gasteiger partial charge is 0.266 e. The van der Waals surface area contributed by atoms with Gasteiger partial charge in [-0.15, -0.1) is 0 Å². The van der Waals surface area contributed by atoms with Gasteiger partial charge in [0.15, 0.2) is 0 Å². The van der Waals surface area contributed by atoms with Gasteiger partial charge in [-0.25, -0.2) is 0 Å². The molecule has 0 spiro atoms. The van der Waals surface area contributed by atoms with E-state index >= 15 is 0 Å². The van der Waals surface area contributed by atoms with Gasteiger partial charge in [-0.2, -0.15) is 8.42 Å². The van der Waals surface area contributed by atoms with Gasteiger partial charge in [0.05, 0.1) is 6.61 Å². The number of aryl methyl sites for hydroxylation is 1. The van der Waals surface area contributed by atoms with Crippen LogP contribution in [-0.4, -0.2) is 15.0 Å². The molecule has 126 valence electrons. The van der Waals surface area contributed by atoms with Crippen LogP contribution in [-0.2, 0) is 27.1 Å². The van der Waals surface area contributed by atoms with Crippen LogP contribution in [0.3, 0.4) is 0 Å². The van der Waals surface area contributed by atoms with Crippen molar-refractivity contribution in [1.82, 2.24) is 0 Å². The summed E-state index contributed by atoms with van der Waals surface area (Å²) in [4.78, 5) is 0.205. The zero-order chi connectivity index (χ0) is 17.3. The predicted molar refractivity (Wildman–Crippen MR) is 96.4 cm³/mol. The van der Waals surface area contributed by atoms with Crippen molar-refractivity contribution < 1.29 is 12.6 Å². The van der Waals surface area contributed by atoms with Gasteiger partial charge in [-0.05, 0) is 60.9 Å². The maximum atomic E-state index is 12.6. The first-order valence-electron chi connectivity index (χ1n) is 8.09. The summed E-state index contributed by atoms with van der Waals surface area (Å²) >= 11 is 0. The van der Waals surface area contributed by atoms with Crippen molar-refractivity contribution in [2.75, 3.05) is 6.61 Å². The largest absolute Gasteiger partial charge is 0.297 e. The highest BCUT2D eigenvalue weighted by Gasteiger charge is 2.26. The van der Waals surface area contributed by atoms with Crippen LogP contribution in [0.15, 0.2) is 53.9 Å². The molecule has 0 unspecified atom stereocenters. The van der Waals surface area contributed by atoms with Crippen LogP contribution >= 0.6 is 0 Å². The fourth-order valence-corrected chi connectivity index (χ4v) is 4.45. The van der Waals surface area contributed by atoms with E-state index < -0.39 is 10.1 Å². The van der Waals surface area contributed by atoms with Crippen molar-refractivity contribution in [3.05, 3.63) is 71.3 Å². The SMILES string of the molecule is C=C(C)c1cc(C)ccc1S(=O)(=O)OCC1Cc2ccccc2C1. The molecule has 1 aliphatic carbocycles. The van der Waals surface area contributed by atoms with E-state index in [1.807, 2.05) is 25.1 Å². The highest BCUT2D eigenvalue weighted by Crippen LogP contribution is 2.29. The summed E-state index contributed by atoms with van der Waals surface area (Å²) in [5, 5.41) is 0. The zero-order valence-corrected chi connectivity index (χ0v) is 14.9. The van der Waals surface area contributed by atoms with Gasteiger partial charge < -0.3 is 0 Å². The quantitative estimate of drug-likeness (QED) is 0.767. The minimum Gasteiger partial charge on any atom is -0.266 e. The molecule has 0 heterocycles. The van der Waals surface area contributed by atoms with Crippen molar-refractivity contribution in [3.8, 4) is 0 Å². The van der Waals surface area contributed by atoms with Crippen molar-refractivity contribution in [1.29, 1.82) is 0 Å². The van der Waals surface area contributed by atoms with Gasteiger partial charge in [-0.1, -0.05) is 48.5 Å². The molecular formula is C20H22O3S. The summed E-state index contributed by atoms with van der Waals surface area (Å²) in [6.45, 7) is 7.83. The molecule has 0 amide bonds. The molecule has 0 radical (unpaired) electrons. The van der Waals surface area contributed by atoms with Gasteiger partial charge >= 0.3 is 0 Å². The average Bonchev–Trinajstić information content (AvgIpc) is 2.95. The molecule has 0 fully saturated rings. The van der Waals surface area contributed by atoms with Gasteiger partial charge in [-0.3, -0.25) is 4.18 Å². The number of rotatable bonds is 5. The van der Waals surface area contributed by atoms with E-state index in [2.05, 4.69) is 18.7 Å². The van der Waals surface area contributed by atoms with E-state index in [-0.39, 0.29) is 17.4 Å². The molecule has 0 bridgehead atoms. The van der Waals surface area contributed by atoms with Crippen LogP contribution < -0.4 is 0 Å². The van der Waals surface area contributed by atoms with Crippen molar-refractivity contribution in [2.45, 2.75) is 31.6 Å². The molecule has 0 aromatic heterocycles. The summed E-state index contributed by atoms with van der Waals surface area (Å²) in [6.07, 6.45) is 1.74. The lowest BCUT2D eigenvalue weighted by molar-refractivity contribution is 0.259. The minimum atomic E-state index is -3.79. The first kappa shape index (κ1) is 16.9. The first-order valence-corrected chi connectivity index (χ1v) is 9.50. The Hall–Kier alpha value is -1.91. The van der Waals surface area contributed by atoms with Crippen LogP contribution in [0.5, 0.6) is 0 Å². The average molecular weight is 342 g/mol. The Morgan fingerprint density at radius 3 is 2.38 bits per heavy atom. The Balaban J connectivity index is 1.75. The third-order valence-corrected chi connectivity index (χ3v) is 5.80. The van der Waals surface area contributed by atoms with Crippen molar-refractivity contribution in [3.63, 3.8) is 0 Å². The molecule has 0 N–H and O–H groups in total. The van der Waals surface area contributed by atoms with Gasteiger partial charge in [0.25, 0.3) is 10.1 Å². The van der Waals surface area contributed by atoms with E-state index in [1.54, 1.807) is 19.1 Å². The highest BCUT2D eigenvalue weighted by molar-refractivity contribution is 7.86. The molecule has 2 aromatic carbocycles. The van der Waals surface area contributed by atoms with Crippen LogP contribution in [0.1, 0.15) is 29.2 Å². The topological polar surface area (TPSA) is 43.4 Å². The second-order valence-electron chi connectivity index (χ2n) is 6.56. The van der Waals surface area contributed by atoms with Crippen molar-refractivity contribution >= 4 is 15.7 Å². The first-order chi connectivity index (χ1) is 11.4. The van der Waals surface area contributed by atoms with E-state index in [9.17, 15) is 8.42 Å². The molecule has 24 heavy (non-hydrogen) atoms. The molecule has 1 aliphatic rings. The number of hydrogen-bond donors (Lipinski definition) is 0. The molecule has 0 saturated carbocycles. The molecule has 0 aliphatic heterocycles. The molecule has 4 heteroatoms. The number of hydrogen-bond acceptors (Lipinski definition) is 3. The maximum Gasteiger partial charge on any atom is 0.297 e. The Kier molecular flexibility index (Phi) is 4.61. The monoisotopic (exact) mass is 342 g/mol. The molecule has 2 aromatic rings. The zero-order valence-electron chi connectivity index (χ0n) is 14.1. The fraction of sp³-hybridized carbons (Fsp3) is 0.300. The van der Waals surface area contributed by atoms with Crippen LogP contribution in [0.25, 0.3) is 5.57 Å². The normalized spacial score (nSPS) is 14.6. The van der Waals surface area contributed by atoms with Crippen molar-refractivity contribution in [2.24, 2.45) is 5.92 Å².